The van der Waals surface area contributed by atoms with Crippen molar-refractivity contribution in [2.75, 3.05) is 6.61 Å². The minimum Gasteiger partial charge on any atom is -0.486 e. The highest BCUT2D eigenvalue weighted by Gasteiger charge is 2.11. The lowest BCUT2D eigenvalue weighted by atomic mass is 10.3. The standard InChI is InChI=1S/C16H18N6O3/c1-2-24-15-8-12(19-22-15)16(23)17-9-13-18-14(21-20-13)10-25-11-6-4-3-5-7-11/h3-8H,2,9-10H2,1H3,(H,17,23)(H,19,22)(H,18,20,21). The van der Waals surface area contributed by atoms with E-state index in [0.29, 0.717) is 29.8 Å². The molecule has 2 aromatic heterocycles. The van der Waals surface area contributed by atoms with Crippen molar-refractivity contribution in [3.05, 3.63) is 53.7 Å². The molecular formula is C16H18N6O3. The van der Waals surface area contributed by atoms with Crippen LogP contribution in [-0.4, -0.2) is 37.9 Å². The van der Waals surface area contributed by atoms with Gasteiger partial charge in [-0.2, -0.15) is 5.10 Å². The summed E-state index contributed by atoms with van der Waals surface area (Å²) in [6.07, 6.45) is 0. The molecule has 130 valence electrons. The van der Waals surface area contributed by atoms with E-state index in [0.717, 1.165) is 5.75 Å². The second-order valence-electron chi connectivity index (χ2n) is 5.04. The number of ether oxygens (including phenoxy) is 2. The third-order valence-electron chi connectivity index (χ3n) is 3.20. The lowest BCUT2D eigenvalue weighted by molar-refractivity contribution is 0.0945. The number of hydrogen-bond acceptors (Lipinski definition) is 6. The first-order chi connectivity index (χ1) is 12.2. The van der Waals surface area contributed by atoms with Crippen LogP contribution in [0.25, 0.3) is 0 Å². The van der Waals surface area contributed by atoms with Crippen molar-refractivity contribution in [3.63, 3.8) is 0 Å². The fourth-order valence-corrected chi connectivity index (χ4v) is 2.04. The van der Waals surface area contributed by atoms with E-state index in [1.807, 2.05) is 37.3 Å². The van der Waals surface area contributed by atoms with Crippen molar-refractivity contribution in [2.45, 2.75) is 20.1 Å². The summed E-state index contributed by atoms with van der Waals surface area (Å²) in [7, 11) is 0. The van der Waals surface area contributed by atoms with Crippen LogP contribution >= 0.6 is 0 Å². The van der Waals surface area contributed by atoms with Gasteiger partial charge in [-0.05, 0) is 19.1 Å². The van der Waals surface area contributed by atoms with E-state index in [-0.39, 0.29) is 19.1 Å². The van der Waals surface area contributed by atoms with Gasteiger partial charge in [0.2, 0.25) is 5.88 Å². The van der Waals surface area contributed by atoms with Crippen molar-refractivity contribution in [3.8, 4) is 11.6 Å². The molecule has 0 saturated carbocycles. The number of nitrogens with zero attached hydrogens (tertiary/aromatic N) is 3. The van der Waals surface area contributed by atoms with Crippen LogP contribution in [0.4, 0.5) is 0 Å². The van der Waals surface area contributed by atoms with Crippen LogP contribution in [0.3, 0.4) is 0 Å². The highest BCUT2D eigenvalue weighted by Crippen LogP contribution is 2.10. The molecule has 9 nitrogen and oxygen atoms in total. The van der Waals surface area contributed by atoms with Gasteiger partial charge in [-0.15, -0.1) is 5.10 Å². The maximum atomic E-state index is 12.0. The molecule has 0 bridgehead atoms. The van der Waals surface area contributed by atoms with Gasteiger partial charge >= 0.3 is 0 Å². The molecule has 0 unspecified atom stereocenters. The summed E-state index contributed by atoms with van der Waals surface area (Å²) in [4.78, 5) is 16.3. The molecule has 3 rings (SSSR count). The summed E-state index contributed by atoms with van der Waals surface area (Å²) in [6.45, 7) is 2.78. The van der Waals surface area contributed by atoms with Gasteiger partial charge in [-0.25, -0.2) is 4.98 Å². The van der Waals surface area contributed by atoms with Gasteiger partial charge in [0.25, 0.3) is 5.91 Å². The van der Waals surface area contributed by atoms with Crippen molar-refractivity contribution in [1.82, 2.24) is 30.7 Å². The third-order valence-corrected chi connectivity index (χ3v) is 3.20. The number of H-pyrrole nitrogens is 2. The second-order valence-corrected chi connectivity index (χ2v) is 5.04. The predicted octanol–water partition coefficient (Wildman–Crippen LogP) is 1.44. The molecular weight excluding hydrogens is 324 g/mol. The molecule has 0 radical (unpaired) electrons. The van der Waals surface area contributed by atoms with Gasteiger partial charge in [0.15, 0.2) is 11.6 Å². The Bertz CT molecular complexity index is 814. The van der Waals surface area contributed by atoms with Gasteiger partial charge in [-0.1, -0.05) is 18.2 Å². The summed E-state index contributed by atoms with van der Waals surface area (Å²) in [5.74, 6) is 1.85. The van der Waals surface area contributed by atoms with Crippen LogP contribution in [0.1, 0.15) is 29.1 Å². The zero-order chi connectivity index (χ0) is 17.5. The number of aromatic nitrogens is 5. The molecule has 9 heteroatoms. The van der Waals surface area contributed by atoms with E-state index >= 15 is 0 Å². The minimum absolute atomic E-state index is 0.184. The lowest BCUT2D eigenvalue weighted by Crippen LogP contribution is -2.23. The van der Waals surface area contributed by atoms with Crippen LogP contribution < -0.4 is 14.8 Å². The number of carbonyl (C=O) groups is 1. The molecule has 0 aliphatic rings. The van der Waals surface area contributed by atoms with Crippen molar-refractivity contribution in [1.29, 1.82) is 0 Å². The van der Waals surface area contributed by atoms with Gasteiger partial charge in [0, 0.05) is 6.07 Å². The van der Waals surface area contributed by atoms with E-state index in [4.69, 9.17) is 9.47 Å². The molecule has 1 aromatic carbocycles. The maximum absolute atomic E-state index is 12.0. The summed E-state index contributed by atoms with van der Waals surface area (Å²) in [5, 5.41) is 16.0. The number of nitrogens with one attached hydrogen (secondary N) is 3. The van der Waals surface area contributed by atoms with E-state index in [9.17, 15) is 4.79 Å². The Balaban J connectivity index is 1.48. The molecule has 2 heterocycles. The molecule has 0 atom stereocenters. The van der Waals surface area contributed by atoms with E-state index < -0.39 is 0 Å². The third kappa shape index (κ3) is 4.56. The first-order valence-corrected chi connectivity index (χ1v) is 7.79. The molecule has 0 aliphatic heterocycles. The zero-order valence-corrected chi connectivity index (χ0v) is 13.7. The average molecular weight is 342 g/mol. The number of aromatic amines is 2. The maximum Gasteiger partial charge on any atom is 0.269 e. The largest absolute Gasteiger partial charge is 0.486 e. The summed E-state index contributed by atoms with van der Waals surface area (Å²) >= 11 is 0. The number of benzene rings is 1. The van der Waals surface area contributed by atoms with Gasteiger partial charge in [0.05, 0.1) is 13.2 Å². The highest BCUT2D eigenvalue weighted by molar-refractivity contribution is 5.92. The van der Waals surface area contributed by atoms with Crippen molar-refractivity contribution >= 4 is 5.91 Å². The van der Waals surface area contributed by atoms with Crippen LogP contribution in [0.15, 0.2) is 36.4 Å². The van der Waals surface area contributed by atoms with Crippen LogP contribution in [-0.2, 0) is 13.2 Å². The minimum atomic E-state index is -0.315. The fraction of sp³-hybridized carbons (Fsp3) is 0.250. The monoisotopic (exact) mass is 342 g/mol. The Morgan fingerprint density at radius 3 is 2.80 bits per heavy atom. The quantitative estimate of drug-likeness (QED) is 0.570. The Hall–Kier alpha value is -3.36. The van der Waals surface area contributed by atoms with Gasteiger partial charge in [0.1, 0.15) is 18.1 Å². The van der Waals surface area contributed by atoms with Crippen LogP contribution in [0.5, 0.6) is 11.6 Å². The van der Waals surface area contributed by atoms with Gasteiger partial charge < -0.3 is 14.8 Å². The van der Waals surface area contributed by atoms with E-state index in [1.165, 1.54) is 6.07 Å². The summed E-state index contributed by atoms with van der Waals surface area (Å²) < 4.78 is 10.8. The van der Waals surface area contributed by atoms with Crippen LogP contribution in [0.2, 0.25) is 0 Å². The van der Waals surface area contributed by atoms with E-state index in [2.05, 4.69) is 30.7 Å². The topological polar surface area (TPSA) is 118 Å². The Labute approximate surface area is 143 Å². The summed E-state index contributed by atoms with van der Waals surface area (Å²) in [6, 6.07) is 11.0. The summed E-state index contributed by atoms with van der Waals surface area (Å²) in [5.41, 5.74) is 0.312. The Kier molecular flexibility index (Phi) is 5.25. The molecule has 0 saturated heterocycles. The highest BCUT2D eigenvalue weighted by atomic mass is 16.5. The molecule has 0 aliphatic carbocycles. The van der Waals surface area contributed by atoms with E-state index in [1.54, 1.807) is 0 Å². The molecule has 3 aromatic rings. The predicted molar refractivity (Wildman–Crippen MR) is 88.1 cm³/mol. The number of para-hydroxylation sites is 1. The van der Waals surface area contributed by atoms with Crippen molar-refractivity contribution < 1.29 is 14.3 Å². The number of carbonyl (C=O) groups excluding carboxylic acids is 1. The Morgan fingerprint density at radius 2 is 2.00 bits per heavy atom. The number of amides is 1. The number of hydrogen-bond donors (Lipinski definition) is 3. The molecule has 3 N–H and O–H groups in total. The molecule has 25 heavy (non-hydrogen) atoms. The fourth-order valence-electron chi connectivity index (χ4n) is 2.04. The molecule has 1 amide bonds. The zero-order valence-electron chi connectivity index (χ0n) is 13.7. The normalized spacial score (nSPS) is 10.4. The first-order valence-electron chi connectivity index (χ1n) is 7.79. The lowest BCUT2D eigenvalue weighted by Gasteiger charge is -2.02. The molecule has 0 fully saturated rings. The first kappa shape index (κ1) is 16.5. The van der Waals surface area contributed by atoms with Crippen LogP contribution in [0, 0.1) is 0 Å². The average Bonchev–Trinajstić information content (AvgIpc) is 3.29. The second kappa shape index (κ2) is 7.95. The SMILES string of the molecule is CCOc1cc(C(=O)NCc2n[nH]c(COc3ccccc3)n2)[nH]n1. The smallest absolute Gasteiger partial charge is 0.269 e. The Morgan fingerprint density at radius 1 is 1.16 bits per heavy atom. The van der Waals surface area contributed by atoms with Gasteiger partial charge in [-0.3, -0.25) is 15.0 Å². The van der Waals surface area contributed by atoms with Crippen molar-refractivity contribution in [2.24, 2.45) is 0 Å². The number of rotatable bonds is 8. The molecule has 0 spiro atoms.